The lowest BCUT2D eigenvalue weighted by atomic mass is 9.99. The molecule has 0 aromatic carbocycles. The first-order chi connectivity index (χ1) is 9.42. The topological polar surface area (TPSA) is 92.5 Å². The molecule has 1 saturated heterocycles. The summed E-state index contributed by atoms with van der Waals surface area (Å²) in [6.07, 6.45) is 1.40. The van der Waals surface area contributed by atoms with E-state index in [1.165, 1.54) is 4.31 Å². The highest BCUT2D eigenvalue weighted by Gasteiger charge is 2.32. The lowest BCUT2D eigenvalue weighted by molar-refractivity contribution is -0.125. The molecule has 1 amide bonds. The highest BCUT2D eigenvalue weighted by atomic mass is 32.2. The molecule has 1 unspecified atom stereocenters. The normalized spacial score (nSPS) is 20.8. The molecule has 7 nitrogen and oxygen atoms in total. The van der Waals surface area contributed by atoms with Gasteiger partial charge in [-0.3, -0.25) is 4.79 Å². The predicted molar refractivity (Wildman–Crippen MR) is 72.2 cm³/mol. The van der Waals surface area contributed by atoms with Crippen LogP contribution in [0.25, 0.3) is 0 Å². The number of carbonyl (C=O) groups excluding carboxylic acids is 1. The van der Waals surface area contributed by atoms with Gasteiger partial charge in [0, 0.05) is 26.2 Å². The van der Waals surface area contributed by atoms with E-state index in [0.717, 1.165) is 0 Å². The first-order valence-electron chi connectivity index (χ1n) is 6.54. The molecule has 1 aromatic rings. The van der Waals surface area contributed by atoms with Gasteiger partial charge in [0.25, 0.3) is 0 Å². The van der Waals surface area contributed by atoms with Gasteiger partial charge < -0.3 is 9.84 Å². The van der Waals surface area contributed by atoms with Gasteiger partial charge in [-0.15, -0.1) is 0 Å². The van der Waals surface area contributed by atoms with Crippen molar-refractivity contribution in [1.29, 1.82) is 0 Å². The predicted octanol–water partition coefficient (Wildman–Crippen LogP) is 0.271. The zero-order valence-corrected chi connectivity index (χ0v) is 12.4. The van der Waals surface area contributed by atoms with Crippen molar-refractivity contribution in [2.45, 2.75) is 25.5 Å². The van der Waals surface area contributed by atoms with Crippen molar-refractivity contribution < 1.29 is 17.7 Å². The van der Waals surface area contributed by atoms with Gasteiger partial charge in [-0.1, -0.05) is 5.16 Å². The molecular weight excluding hydrogens is 282 g/mol. The fourth-order valence-corrected chi connectivity index (χ4v) is 3.86. The molecule has 0 aliphatic carbocycles. The maximum absolute atomic E-state index is 12.3. The number of piperidine rings is 1. The number of hydrogen-bond acceptors (Lipinski definition) is 5. The Morgan fingerprint density at radius 2 is 2.35 bits per heavy atom. The highest BCUT2D eigenvalue weighted by Crippen LogP contribution is 2.21. The molecule has 8 heteroatoms. The Morgan fingerprint density at radius 3 is 2.95 bits per heavy atom. The molecule has 1 fully saturated rings. The third-order valence-corrected chi connectivity index (χ3v) is 5.16. The number of hydrogen-bond donors (Lipinski definition) is 1. The zero-order valence-electron chi connectivity index (χ0n) is 11.6. The summed E-state index contributed by atoms with van der Waals surface area (Å²) in [5.41, 5.74) is 0.650. The van der Waals surface area contributed by atoms with Gasteiger partial charge in [0.15, 0.2) is 5.76 Å². The van der Waals surface area contributed by atoms with E-state index in [9.17, 15) is 13.2 Å². The van der Waals surface area contributed by atoms with E-state index < -0.39 is 10.0 Å². The SMILES string of the molecule is CNC(=O)C1CCCN(S(=O)(=O)Cc2cc(C)no2)C1. The molecule has 1 aliphatic heterocycles. The van der Waals surface area contributed by atoms with Crippen molar-refractivity contribution in [3.05, 3.63) is 17.5 Å². The number of nitrogens with zero attached hydrogens (tertiary/aromatic N) is 2. The molecule has 1 atom stereocenters. The average molecular weight is 301 g/mol. The molecule has 2 rings (SSSR count). The van der Waals surface area contributed by atoms with Crippen LogP contribution in [0.15, 0.2) is 10.6 Å². The van der Waals surface area contributed by atoms with Crippen molar-refractivity contribution >= 4 is 15.9 Å². The molecular formula is C12H19N3O4S. The summed E-state index contributed by atoms with van der Waals surface area (Å²) in [5, 5.41) is 6.25. The van der Waals surface area contributed by atoms with Crippen molar-refractivity contribution in [2.24, 2.45) is 5.92 Å². The summed E-state index contributed by atoms with van der Waals surface area (Å²) in [6, 6.07) is 1.61. The maximum atomic E-state index is 12.3. The maximum Gasteiger partial charge on any atom is 0.224 e. The zero-order chi connectivity index (χ0) is 14.8. The highest BCUT2D eigenvalue weighted by molar-refractivity contribution is 7.88. The monoisotopic (exact) mass is 301 g/mol. The van der Waals surface area contributed by atoms with E-state index in [1.54, 1.807) is 20.0 Å². The molecule has 1 N–H and O–H groups in total. The molecule has 0 saturated carbocycles. The molecule has 112 valence electrons. The Hall–Kier alpha value is -1.41. The van der Waals surface area contributed by atoms with E-state index in [1.807, 2.05) is 0 Å². The lowest BCUT2D eigenvalue weighted by Gasteiger charge is -2.30. The van der Waals surface area contributed by atoms with Gasteiger partial charge in [-0.25, -0.2) is 12.7 Å². The van der Waals surface area contributed by atoms with Crippen molar-refractivity contribution in [2.75, 3.05) is 20.1 Å². The van der Waals surface area contributed by atoms with Gasteiger partial charge in [-0.2, -0.15) is 0 Å². The van der Waals surface area contributed by atoms with Crippen molar-refractivity contribution in [3.8, 4) is 0 Å². The second kappa shape index (κ2) is 5.92. The van der Waals surface area contributed by atoms with Gasteiger partial charge >= 0.3 is 0 Å². The molecule has 0 radical (unpaired) electrons. The Morgan fingerprint density at radius 1 is 1.60 bits per heavy atom. The summed E-state index contributed by atoms with van der Waals surface area (Å²) in [6.45, 7) is 2.42. The summed E-state index contributed by atoms with van der Waals surface area (Å²) in [7, 11) is -1.92. The molecule has 2 heterocycles. The van der Waals surface area contributed by atoms with Crippen LogP contribution in [-0.4, -0.2) is 43.9 Å². The van der Waals surface area contributed by atoms with Crippen molar-refractivity contribution in [1.82, 2.24) is 14.8 Å². The van der Waals surface area contributed by atoms with Crippen LogP contribution in [0.1, 0.15) is 24.3 Å². The summed E-state index contributed by atoms with van der Waals surface area (Å²) >= 11 is 0. The van der Waals surface area contributed by atoms with E-state index in [2.05, 4.69) is 10.5 Å². The van der Waals surface area contributed by atoms with E-state index >= 15 is 0 Å². The second-order valence-electron chi connectivity index (χ2n) is 5.00. The number of nitrogens with one attached hydrogen (secondary N) is 1. The van der Waals surface area contributed by atoms with E-state index in [4.69, 9.17) is 4.52 Å². The van der Waals surface area contributed by atoms with Crippen molar-refractivity contribution in [3.63, 3.8) is 0 Å². The number of rotatable bonds is 4. The number of amides is 1. The third kappa shape index (κ3) is 3.37. The molecule has 0 spiro atoms. The van der Waals surface area contributed by atoms with Crippen LogP contribution in [-0.2, 0) is 20.6 Å². The van der Waals surface area contributed by atoms with Crippen LogP contribution in [0, 0.1) is 12.8 Å². The quantitative estimate of drug-likeness (QED) is 0.862. The number of aromatic nitrogens is 1. The van der Waals surface area contributed by atoms with Gasteiger partial charge in [0.05, 0.1) is 11.6 Å². The molecule has 20 heavy (non-hydrogen) atoms. The number of sulfonamides is 1. The Kier molecular flexibility index (Phi) is 4.44. The fraction of sp³-hybridized carbons (Fsp3) is 0.667. The third-order valence-electron chi connectivity index (χ3n) is 3.40. The summed E-state index contributed by atoms with van der Waals surface area (Å²) in [5.74, 6) is -0.279. The van der Waals surface area contributed by atoms with E-state index in [0.29, 0.717) is 30.8 Å². The van der Waals surface area contributed by atoms with Crippen LogP contribution in [0.4, 0.5) is 0 Å². The van der Waals surface area contributed by atoms with Crippen LogP contribution >= 0.6 is 0 Å². The first-order valence-corrected chi connectivity index (χ1v) is 8.15. The van der Waals surface area contributed by atoms with Crippen LogP contribution in [0.5, 0.6) is 0 Å². The number of carbonyl (C=O) groups is 1. The molecule has 1 aliphatic rings. The molecule has 1 aromatic heterocycles. The largest absolute Gasteiger partial charge is 0.360 e. The summed E-state index contributed by atoms with van der Waals surface area (Å²) in [4.78, 5) is 11.6. The summed E-state index contributed by atoms with van der Waals surface area (Å²) < 4.78 is 31.0. The minimum atomic E-state index is -3.48. The standard InChI is InChI=1S/C12H19N3O4S/c1-9-6-11(19-14-9)8-20(17,18)15-5-3-4-10(7-15)12(16)13-2/h6,10H,3-5,7-8H2,1-2H3,(H,13,16). The second-order valence-corrected chi connectivity index (χ2v) is 6.97. The average Bonchev–Trinajstić information content (AvgIpc) is 2.82. The minimum Gasteiger partial charge on any atom is -0.360 e. The van der Waals surface area contributed by atoms with Crippen LogP contribution in [0.2, 0.25) is 0 Å². The van der Waals surface area contributed by atoms with E-state index in [-0.39, 0.29) is 24.1 Å². The van der Waals surface area contributed by atoms with Gasteiger partial charge in [-0.05, 0) is 19.8 Å². The van der Waals surface area contributed by atoms with Gasteiger partial charge in [0.2, 0.25) is 15.9 Å². The van der Waals surface area contributed by atoms with Crippen LogP contribution in [0.3, 0.4) is 0 Å². The fourth-order valence-electron chi connectivity index (χ4n) is 2.37. The number of aryl methyl sites for hydroxylation is 1. The molecule has 0 bridgehead atoms. The Labute approximate surface area is 118 Å². The minimum absolute atomic E-state index is 0.111. The smallest absolute Gasteiger partial charge is 0.224 e. The van der Waals surface area contributed by atoms with Crippen LogP contribution < -0.4 is 5.32 Å². The van der Waals surface area contributed by atoms with Gasteiger partial charge in [0.1, 0.15) is 5.75 Å². The first kappa shape index (κ1) is 15.0. The lowest BCUT2D eigenvalue weighted by Crippen LogP contribution is -2.45. The Balaban J connectivity index is 2.07. The Bertz CT molecular complexity index is 581.